The molecule has 0 amide bonds. The summed E-state index contributed by atoms with van der Waals surface area (Å²) in [5.74, 6) is 1.13. The summed E-state index contributed by atoms with van der Waals surface area (Å²) in [6.07, 6.45) is 1.54. The van der Waals surface area contributed by atoms with E-state index in [-0.39, 0.29) is 0 Å². The highest BCUT2D eigenvalue weighted by Crippen LogP contribution is 2.20. The first-order chi connectivity index (χ1) is 5.65. The van der Waals surface area contributed by atoms with Gasteiger partial charge in [0.2, 0.25) is 0 Å². The third-order valence-corrected chi connectivity index (χ3v) is 1.74. The molecule has 0 saturated carbocycles. The van der Waals surface area contributed by atoms with Gasteiger partial charge in [-0.25, -0.2) is 9.97 Å². The maximum atomic E-state index is 5.72. The topological polar surface area (TPSA) is 37.8 Å². The van der Waals surface area contributed by atoms with Crippen molar-refractivity contribution >= 4 is 17.4 Å². The maximum Gasteiger partial charge on any atom is 0.147 e. The molecule has 12 heavy (non-hydrogen) atoms. The average Bonchev–Trinajstić information content (AvgIpc) is 2.04. The number of nitrogens with zero attached hydrogens (tertiary/aromatic N) is 2. The minimum absolute atomic E-state index is 0.332. The summed E-state index contributed by atoms with van der Waals surface area (Å²) in [5, 5.41) is 3.41. The molecule has 1 rings (SSSR count). The molecule has 0 saturated heterocycles. The van der Waals surface area contributed by atoms with Crippen molar-refractivity contribution in [2.24, 2.45) is 0 Å². The van der Waals surface area contributed by atoms with E-state index in [1.54, 1.807) is 6.20 Å². The van der Waals surface area contributed by atoms with Gasteiger partial charge in [0.15, 0.2) is 0 Å². The Morgan fingerprint density at radius 2 is 2.17 bits per heavy atom. The van der Waals surface area contributed by atoms with Crippen LogP contribution in [0.4, 0.5) is 5.82 Å². The van der Waals surface area contributed by atoms with Crippen molar-refractivity contribution in [2.75, 3.05) is 12.4 Å². The van der Waals surface area contributed by atoms with Gasteiger partial charge in [-0.05, 0) is 5.92 Å². The third kappa shape index (κ3) is 1.85. The second-order valence-corrected chi connectivity index (χ2v) is 3.22. The van der Waals surface area contributed by atoms with Crippen LogP contribution in [0.15, 0.2) is 6.20 Å². The van der Waals surface area contributed by atoms with Gasteiger partial charge in [-0.15, -0.1) is 0 Å². The van der Waals surface area contributed by atoms with Crippen molar-refractivity contribution in [3.63, 3.8) is 0 Å². The van der Waals surface area contributed by atoms with Crippen LogP contribution in [0, 0.1) is 0 Å². The van der Waals surface area contributed by atoms with Gasteiger partial charge < -0.3 is 5.32 Å². The highest BCUT2D eigenvalue weighted by molar-refractivity contribution is 6.29. The van der Waals surface area contributed by atoms with Gasteiger partial charge >= 0.3 is 0 Å². The van der Waals surface area contributed by atoms with Crippen LogP contribution < -0.4 is 5.32 Å². The number of hydrogen-bond acceptors (Lipinski definition) is 3. The van der Waals surface area contributed by atoms with Crippen LogP contribution in [0.3, 0.4) is 0 Å². The summed E-state index contributed by atoms with van der Waals surface area (Å²) < 4.78 is 0. The molecule has 4 heteroatoms. The molecule has 0 radical (unpaired) electrons. The Morgan fingerprint density at radius 3 is 2.67 bits per heavy atom. The SMILES string of the molecule is CNc1ncc(Cl)nc1C(C)C. The molecular weight excluding hydrogens is 174 g/mol. The van der Waals surface area contributed by atoms with E-state index in [4.69, 9.17) is 11.6 Å². The Bertz CT molecular complexity index is 273. The zero-order valence-electron chi connectivity index (χ0n) is 7.43. The Morgan fingerprint density at radius 1 is 1.50 bits per heavy atom. The third-order valence-electron chi connectivity index (χ3n) is 1.55. The molecule has 0 atom stereocenters. The van der Waals surface area contributed by atoms with Crippen molar-refractivity contribution < 1.29 is 0 Å². The monoisotopic (exact) mass is 185 g/mol. The molecule has 1 aromatic rings. The van der Waals surface area contributed by atoms with E-state index >= 15 is 0 Å². The largest absolute Gasteiger partial charge is 0.372 e. The van der Waals surface area contributed by atoms with E-state index in [0.29, 0.717) is 11.1 Å². The molecule has 1 N–H and O–H groups in total. The number of halogens is 1. The fourth-order valence-corrected chi connectivity index (χ4v) is 1.12. The van der Waals surface area contributed by atoms with Gasteiger partial charge in [0, 0.05) is 7.05 Å². The minimum Gasteiger partial charge on any atom is -0.372 e. The van der Waals surface area contributed by atoms with Crippen molar-refractivity contribution in [2.45, 2.75) is 19.8 Å². The molecule has 1 aromatic heterocycles. The maximum absolute atomic E-state index is 5.72. The standard InChI is InChI=1S/C8H12ClN3/c1-5(2)7-8(10-3)11-4-6(9)12-7/h4-5H,1-3H3,(H,10,11). The van der Waals surface area contributed by atoms with Gasteiger partial charge in [0.05, 0.1) is 11.9 Å². The van der Waals surface area contributed by atoms with Crippen LogP contribution in [0.2, 0.25) is 5.15 Å². The molecule has 0 bridgehead atoms. The molecule has 66 valence electrons. The molecule has 0 fully saturated rings. The minimum atomic E-state index is 0.332. The van der Waals surface area contributed by atoms with Gasteiger partial charge in [-0.3, -0.25) is 0 Å². The number of anilines is 1. The first-order valence-corrected chi connectivity index (χ1v) is 4.23. The second-order valence-electron chi connectivity index (χ2n) is 2.83. The molecule has 0 aromatic carbocycles. The van der Waals surface area contributed by atoms with Crippen molar-refractivity contribution in [1.29, 1.82) is 0 Å². The molecule has 3 nitrogen and oxygen atoms in total. The van der Waals surface area contributed by atoms with E-state index in [9.17, 15) is 0 Å². The lowest BCUT2D eigenvalue weighted by molar-refractivity contribution is 0.815. The summed E-state index contributed by atoms with van der Waals surface area (Å²) in [4.78, 5) is 8.30. The van der Waals surface area contributed by atoms with Crippen LogP contribution in [0.1, 0.15) is 25.5 Å². The Kier molecular flexibility index (Phi) is 2.87. The van der Waals surface area contributed by atoms with Crippen LogP contribution in [0.5, 0.6) is 0 Å². The van der Waals surface area contributed by atoms with Gasteiger partial charge in [-0.1, -0.05) is 25.4 Å². The molecule has 0 aliphatic heterocycles. The molecule has 0 aliphatic rings. The fraction of sp³-hybridized carbons (Fsp3) is 0.500. The summed E-state index contributed by atoms with van der Waals surface area (Å²) in [6, 6.07) is 0. The van der Waals surface area contributed by atoms with Crippen molar-refractivity contribution in [1.82, 2.24) is 9.97 Å². The predicted molar refractivity (Wildman–Crippen MR) is 50.7 cm³/mol. The highest BCUT2D eigenvalue weighted by Gasteiger charge is 2.08. The van der Waals surface area contributed by atoms with Crippen LogP contribution in [-0.2, 0) is 0 Å². The lowest BCUT2D eigenvalue weighted by Crippen LogP contribution is -2.03. The predicted octanol–water partition coefficient (Wildman–Crippen LogP) is 2.30. The van der Waals surface area contributed by atoms with E-state index in [1.165, 1.54) is 0 Å². The quantitative estimate of drug-likeness (QED) is 0.769. The van der Waals surface area contributed by atoms with E-state index < -0.39 is 0 Å². The molecular formula is C8H12ClN3. The summed E-state index contributed by atoms with van der Waals surface area (Å²) >= 11 is 5.72. The first kappa shape index (κ1) is 9.26. The fourth-order valence-electron chi connectivity index (χ4n) is 0.976. The van der Waals surface area contributed by atoms with Crippen LogP contribution in [-0.4, -0.2) is 17.0 Å². The smallest absolute Gasteiger partial charge is 0.147 e. The summed E-state index contributed by atoms with van der Waals surface area (Å²) in [5.41, 5.74) is 0.907. The first-order valence-electron chi connectivity index (χ1n) is 3.85. The second kappa shape index (κ2) is 3.72. The molecule has 0 spiro atoms. The van der Waals surface area contributed by atoms with Gasteiger partial charge in [0.25, 0.3) is 0 Å². The number of rotatable bonds is 2. The Balaban J connectivity index is 3.12. The average molecular weight is 186 g/mol. The number of nitrogens with one attached hydrogen (secondary N) is 1. The van der Waals surface area contributed by atoms with Gasteiger partial charge in [0.1, 0.15) is 11.0 Å². The molecule has 0 aliphatic carbocycles. The number of aromatic nitrogens is 2. The van der Waals surface area contributed by atoms with Crippen molar-refractivity contribution in [3.8, 4) is 0 Å². The molecule has 0 unspecified atom stereocenters. The summed E-state index contributed by atoms with van der Waals surface area (Å²) in [6.45, 7) is 4.11. The highest BCUT2D eigenvalue weighted by atomic mass is 35.5. The van der Waals surface area contributed by atoms with Gasteiger partial charge in [-0.2, -0.15) is 0 Å². The van der Waals surface area contributed by atoms with Crippen LogP contribution >= 0.6 is 11.6 Å². The number of hydrogen-bond donors (Lipinski definition) is 1. The molecule has 1 heterocycles. The van der Waals surface area contributed by atoms with Crippen molar-refractivity contribution in [3.05, 3.63) is 17.0 Å². The van der Waals surface area contributed by atoms with E-state index in [1.807, 2.05) is 7.05 Å². The summed E-state index contributed by atoms with van der Waals surface area (Å²) in [7, 11) is 1.82. The lowest BCUT2D eigenvalue weighted by atomic mass is 10.1. The van der Waals surface area contributed by atoms with E-state index in [2.05, 4.69) is 29.1 Å². The van der Waals surface area contributed by atoms with E-state index in [0.717, 1.165) is 11.5 Å². The zero-order valence-corrected chi connectivity index (χ0v) is 8.18. The zero-order chi connectivity index (χ0) is 9.14. The lowest BCUT2D eigenvalue weighted by Gasteiger charge is -2.09. The normalized spacial score (nSPS) is 10.4. The van der Waals surface area contributed by atoms with Crippen LogP contribution in [0.25, 0.3) is 0 Å². The Hall–Kier alpha value is -0.830. The Labute approximate surface area is 77.2 Å².